The Hall–Kier alpha value is -1.48. The number of nitrogens with one attached hydrogen (secondary N) is 2. The molecule has 0 atom stereocenters. The van der Waals surface area contributed by atoms with Gasteiger partial charge in [0.1, 0.15) is 5.75 Å². The largest absolute Gasteiger partial charge is 0.492 e. The second-order valence-corrected chi connectivity index (χ2v) is 4.70. The van der Waals surface area contributed by atoms with Crippen molar-refractivity contribution in [2.75, 3.05) is 20.2 Å². The minimum atomic E-state index is 0.824. The summed E-state index contributed by atoms with van der Waals surface area (Å²) >= 11 is 0. The van der Waals surface area contributed by atoms with Gasteiger partial charge in [-0.2, -0.15) is 0 Å². The van der Waals surface area contributed by atoms with E-state index in [0.29, 0.717) is 0 Å². The molecule has 0 bridgehead atoms. The minimum absolute atomic E-state index is 0.824. The lowest BCUT2D eigenvalue weighted by atomic mass is 10.0. The van der Waals surface area contributed by atoms with E-state index < -0.39 is 0 Å². The average molecular weight is 230 g/mol. The van der Waals surface area contributed by atoms with Crippen LogP contribution in [0.15, 0.2) is 12.3 Å². The number of fused-ring (bicyclic) bond motifs is 3. The van der Waals surface area contributed by atoms with Crippen LogP contribution >= 0.6 is 0 Å². The van der Waals surface area contributed by atoms with Gasteiger partial charge in [0.15, 0.2) is 0 Å². The fraction of sp³-hybridized carbons (Fsp3) is 0.429. The van der Waals surface area contributed by atoms with Gasteiger partial charge in [-0.05, 0) is 43.6 Å². The maximum absolute atomic E-state index is 5.81. The fourth-order valence-corrected chi connectivity index (χ4v) is 2.66. The molecule has 0 aliphatic carbocycles. The number of likely N-dealkylation sites (N-methyl/N-ethyl adjacent to an activating group) is 1. The third-order valence-corrected chi connectivity index (χ3v) is 3.53. The Bertz CT molecular complexity index is 557. The molecule has 0 saturated heterocycles. The molecule has 0 fully saturated rings. The first-order valence-corrected chi connectivity index (χ1v) is 6.21. The van der Waals surface area contributed by atoms with Crippen molar-refractivity contribution in [1.29, 1.82) is 0 Å². The van der Waals surface area contributed by atoms with E-state index in [1.54, 1.807) is 0 Å². The molecule has 1 aliphatic rings. The molecule has 0 spiro atoms. The Kier molecular flexibility index (Phi) is 2.56. The van der Waals surface area contributed by atoms with E-state index in [-0.39, 0.29) is 0 Å². The first-order chi connectivity index (χ1) is 8.31. The Labute approximate surface area is 101 Å². The highest BCUT2D eigenvalue weighted by Gasteiger charge is 2.20. The van der Waals surface area contributed by atoms with Gasteiger partial charge in [-0.3, -0.25) is 0 Å². The SMILES string of the molecule is CNCCc1c[nH]c2c(C)cc3c(c12)OCC3. The second kappa shape index (κ2) is 4.08. The lowest BCUT2D eigenvalue weighted by Gasteiger charge is -2.06. The molecule has 1 aliphatic heterocycles. The molecule has 17 heavy (non-hydrogen) atoms. The van der Waals surface area contributed by atoms with Gasteiger partial charge in [0.25, 0.3) is 0 Å². The topological polar surface area (TPSA) is 37.0 Å². The molecular formula is C14H18N2O. The van der Waals surface area contributed by atoms with Crippen molar-refractivity contribution >= 4 is 10.9 Å². The van der Waals surface area contributed by atoms with Crippen LogP contribution in [-0.4, -0.2) is 25.2 Å². The molecule has 2 heterocycles. The molecule has 2 aromatic rings. The van der Waals surface area contributed by atoms with Gasteiger partial charge < -0.3 is 15.0 Å². The molecule has 90 valence electrons. The molecule has 1 aromatic carbocycles. The van der Waals surface area contributed by atoms with Gasteiger partial charge in [-0.1, -0.05) is 6.07 Å². The predicted molar refractivity (Wildman–Crippen MR) is 69.9 cm³/mol. The van der Waals surface area contributed by atoms with Crippen LogP contribution in [0, 0.1) is 6.92 Å². The number of hydrogen-bond donors (Lipinski definition) is 2. The maximum atomic E-state index is 5.81. The number of aryl methyl sites for hydroxylation is 1. The highest BCUT2D eigenvalue weighted by molar-refractivity contribution is 5.93. The van der Waals surface area contributed by atoms with Crippen molar-refractivity contribution in [3.05, 3.63) is 29.0 Å². The molecule has 0 unspecified atom stereocenters. The summed E-state index contributed by atoms with van der Waals surface area (Å²) in [5, 5.41) is 4.50. The van der Waals surface area contributed by atoms with Gasteiger partial charge in [-0.15, -0.1) is 0 Å². The van der Waals surface area contributed by atoms with E-state index in [0.717, 1.165) is 31.7 Å². The summed E-state index contributed by atoms with van der Waals surface area (Å²) in [5.74, 6) is 1.11. The maximum Gasteiger partial charge on any atom is 0.132 e. The number of H-pyrrole nitrogens is 1. The molecule has 3 heteroatoms. The van der Waals surface area contributed by atoms with Crippen LogP contribution < -0.4 is 10.1 Å². The third kappa shape index (κ3) is 1.62. The summed E-state index contributed by atoms with van der Waals surface area (Å²) in [6.45, 7) is 3.99. The molecule has 3 rings (SSSR count). The second-order valence-electron chi connectivity index (χ2n) is 4.70. The van der Waals surface area contributed by atoms with Crippen molar-refractivity contribution in [2.45, 2.75) is 19.8 Å². The van der Waals surface area contributed by atoms with E-state index in [1.165, 1.54) is 27.6 Å². The summed E-state index contributed by atoms with van der Waals surface area (Å²) in [6.07, 6.45) is 4.20. The van der Waals surface area contributed by atoms with Gasteiger partial charge >= 0.3 is 0 Å². The predicted octanol–water partition coefficient (Wildman–Crippen LogP) is 2.17. The zero-order valence-electron chi connectivity index (χ0n) is 10.4. The molecule has 2 N–H and O–H groups in total. The van der Waals surface area contributed by atoms with E-state index >= 15 is 0 Å². The average Bonchev–Trinajstić information content (AvgIpc) is 2.91. The van der Waals surface area contributed by atoms with E-state index in [4.69, 9.17) is 4.74 Å². The smallest absolute Gasteiger partial charge is 0.132 e. The summed E-state index contributed by atoms with van der Waals surface area (Å²) in [5.41, 5.74) is 5.27. The lowest BCUT2D eigenvalue weighted by Crippen LogP contribution is -2.10. The Morgan fingerprint density at radius 3 is 3.18 bits per heavy atom. The summed E-state index contributed by atoms with van der Waals surface area (Å²) in [7, 11) is 1.99. The van der Waals surface area contributed by atoms with E-state index in [2.05, 4.69) is 29.5 Å². The van der Waals surface area contributed by atoms with E-state index in [1.807, 2.05) is 7.05 Å². The first kappa shape index (κ1) is 10.7. The van der Waals surface area contributed by atoms with E-state index in [9.17, 15) is 0 Å². The number of aromatic nitrogens is 1. The lowest BCUT2D eigenvalue weighted by molar-refractivity contribution is 0.360. The number of benzene rings is 1. The van der Waals surface area contributed by atoms with Crippen molar-refractivity contribution in [3.8, 4) is 5.75 Å². The molecule has 0 amide bonds. The van der Waals surface area contributed by atoms with Crippen molar-refractivity contribution in [1.82, 2.24) is 10.3 Å². The highest BCUT2D eigenvalue weighted by atomic mass is 16.5. The number of ether oxygens (including phenoxy) is 1. The zero-order valence-corrected chi connectivity index (χ0v) is 10.4. The Morgan fingerprint density at radius 1 is 1.47 bits per heavy atom. The summed E-state index contributed by atoms with van der Waals surface area (Å²) < 4.78 is 5.81. The highest BCUT2D eigenvalue weighted by Crippen LogP contribution is 2.38. The number of rotatable bonds is 3. The van der Waals surface area contributed by atoms with Gasteiger partial charge in [0.05, 0.1) is 12.1 Å². The standard InChI is InChI=1S/C14H18N2O/c1-9-7-10-4-6-17-14(10)12-11(3-5-15-2)8-16-13(9)12/h7-8,15-16H,3-6H2,1-2H3. The van der Waals surface area contributed by atoms with Crippen molar-refractivity contribution in [2.24, 2.45) is 0 Å². The van der Waals surface area contributed by atoms with Crippen molar-refractivity contribution in [3.63, 3.8) is 0 Å². The molecular weight excluding hydrogens is 212 g/mol. The normalized spacial score (nSPS) is 14.0. The Morgan fingerprint density at radius 2 is 2.35 bits per heavy atom. The summed E-state index contributed by atoms with van der Waals surface area (Å²) in [6, 6.07) is 2.25. The van der Waals surface area contributed by atoms with Crippen LogP contribution in [0.4, 0.5) is 0 Å². The Balaban J connectivity index is 2.19. The molecule has 0 saturated carbocycles. The van der Waals surface area contributed by atoms with Crippen LogP contribution in [0.25, 0.3) is 10.9 Å². The third-order valence-electron chi connectivity index (χ3n) is 3.53. The number of hydrogen-bond acceptors (Lipinski definition) is 2. The molecule has 3 nitrogen and oxygen atoms in total. The van der Waals surface area contributed by atoms with Gasteiger partial charge in [-0.25, -0.2) is 0 Å². The van der Waals surface area contributed by atoms with Gasteiger partial charge in [0.2, 0.25) is 0 Å². The van der Waals surface area contributed by atoms with Crippen molar-refractivity contribution < 1.29 is 4.74 Å². The quantitative estimate of drug-likeness (QED) is 0.848. The van der Waals surface area contributed by atoms with Crippen LogP contribution in [0.5, 0.6) is 5.75 Å². The summed E-state index contributed by atoms with van der Waals surface area (Å²) in [4.78, 5) is 3.39. The molecule has 1 aromatic heterocycles. The van der Waals surface area contributed by atoms with Crippen LogP contribution in [0.1, 0.15) is 16.7 Å². The zero-order chi connectivity index (χ0) is 11.8. The fourth-order valence-electron chi connectivity index (χ4n) is 2.66. The first-order valence-electron chi connectivity index (χ1n) is 6.21. The minimum Gasteiger partial charge on any atom is -0.492 e. The monoisotopic (exact) mass is 230 g/mol. The van der Waals surface area contributed by atoms with Gasteiger partial charge in [0, 0.05) is 18.0 Å². The van der Waals surface area contributed by atoms with Crippen LogP contribution in [-0.2, 0) is 12.8 Å². The number of aromatic amines is 1. The van der Waals surface area contributed by atoms with Crippen LogP contribution in [0.2, 0.25) is 0 Å². The molecule has 0 radical (unpaired) electrons. The van der Waals surface area contributed by atoms with Crippen LogP contribution in [0.3, 0.4) is 0 Å².